The minimum atomic E-state index is 0. The molecule has 0 aliphatic rings. The summed E-state index contributed by atoms with van der Waals surface area (Å²) >= 11 is 0. The summed E-state index contributed by atoms with van der Waals surface area (Å²) < 4.78 is 0. The fourth-order valence-corrected chi connectivity index (χ4v) is 1.96. The first-order chi connectivity index (χ1) is 7.48. The van der Waals surface area contributed by atoms with Crippen LogP contribution < -0.4 is 5.73 Å². The monoisotopic (exact) mass is 307 g/mol. The average molecular weight is 308 g/mol. The van der Waals surface area contributed by atoms with Crippen LogP contribution in [0.2, 0.25) is 0 Å². The van der Waals surface area contributed by atoms with Crippen molar-refractivity contribution in [2.24, 2.45) is 11.7 Å². The molecule has 1 atom stereocenters. The van der Waals surface area contributed by atoms with Gasteiger partial charge in [0.2, 0.25) is 0 Å². The molecule has 17 heavy (non-hydrogen) atoms. The Labute approximate surface area is 120 Å². The molecule has 0 rings (SSSR count). The van der Waals surface area contributed by atoms with Crippen LogP contribution in [-0.2, 0) is 0 Å². The van der Waals surface area contributed by atoms with Crippen molar-refractivity contribution in [3.63, 3.8) is 0 Å². The van der Waals surface area contributed by atoms with Gasteiger partial charge in [-0.1, -0.05) is 65.2 Å². The third-order valence-electron chi connectivity index (χ3n) is 3.76. The van der Waals surface area contributed by atoms with Gasteiger partial charge in [0.15, 0.2) is 0 Å². The number of nitrogens with two attached hydrogens (primary N) is 1. The van der Waals surface area contributed by atoms with Crippen LogP contribution in [0.25, 0.3) is 0 Å². The molecule has 2 heteroatoms. The molecule has 0 radical (unpaired) electrons. The maximum absolute atomic E-state index is 6.07. The summed E-state index contributed by atoms with van der Waals surface area (Å²) in [5.41, 5.74) is 6.08. The van der Waals surface area contributed by atoms with Crippen LogP contribution in [0.4, 0.5) is 0 Å². The van der Waals surface area contributed by atoms with Crippen molar-refractivity contribution in [2.75, 3.05) is 0 Å². The molecule has 0 saturated heterocycles. The number of hydrogen-bond donors (Lipinski definition) is 1. The Morgan fingerprint density at radius 3 is 1.71 bits per heavy atom. The molecule has 0 aromatic rings. The van der Waals surface area contributed by atoms with E-state index in [1.807, 2.05) is 0 Å². The van der Waals surface area contributed by atoms with Crippen molar-refractivity contribution in [1.29, 1.82) is 0 Å². The molecule has 0 fully saturated rings. The normalized spacial score (nSPS) is 13.2. The molecule has 0 amide bonds. The first kappa shape index (κ1) is 19.8. The molecule has 0 bridgehead atoms. The second kappa shape index (κ2) is 11.5. The zero-order chi connectivity index (χ0) is 12.4. The molecule has 0 aromatic carbocycles. The van der Waals surface area contributed by atoms with Crippen molar-refractivity contribution < 1.29 is 0 Å². The van der Waals surface area contributed by atoms with Crippen LogP contribution in [0.5, 0.6) is 0 Å². The van der Waals surface area contributed by atoms with E-state index >= 15 is 0 Å². The van der Waals surface area contributed by atoms with E-state index in [4.69, 9.17) is 5.73 Å². The molecule has 1 unspecified atom stereocenters. The van der Waals surface area contributed by atoms with Crippen LogP contribution in [-0.4, -0.2) is 5.54 Å². The largest absolute Gasteiger partial charge is 0.325 e. The lowest BCUT2D eigenvalue weighted by Crippen LogP contribution is -2.39. The van der Waals surface area contributed by atoms with Gasteiger partial charge in [-0.3, -0.25) is 0 Å². The van der Waals surface area contributed by atoms with Crippen LogP contribution in [0.15, 0.2) is 0 Å². The molecule has 0 aliphatic heterocycles. The Hall–Kier alpha value is 0.440. The summed E-state index contributed by atoms with van der Waals surface area (Å²) in [6.07, 6.45) is 12.5. The highest BCUT2D eigenvalue weighted by atomic mass is 79.9. The second-order valence-electron chi connectivity index (χ2n) is 5.99. The van der Waals surface area contributed by atoms with Crippen molar-refractivity contribution in [1.82, 2.24) is 0 Å². The van der Waals surface area contributed by atoms with Gasteiger partial charge >= 0.3 is 0 Å². The van der Waals surface area contributed by atoms with Gasteiger partial charge in [0.05, 0.1) is 0 Å². The van der Waals surface area contributed by atoms with Crippen LogP contribution in [0.1, 0.15) is 85.5 Å². The Morgan fingerprint density at radius 2 is 1.29 bits per heavy atom. The van der Waals surface area contributed by atoms with Gasteiger partial charge in [-0.25, -0.2) is 0 Å². The zero-order valence-electron chi connectivity index (χ0n) is 12.4. The standard InChI is InChI=1S/C15H33N.BrH/c1-5-6-7-8-9-10-11-12-13-14(2)15(3,4)16;/h14H,5-13,16H2,1-4H3;1H. The predicted octanol–water partition coefficient (Wildman–Crippen LogP) is 5.47. The van der Waals surface area contributed by atoms with Crippen molar-refractivity contribution in [2.45, 2.75) is 91.0 Å². The Balaban J connectivity index is 0. The molecule has 0 saturated carbocycles. The first-order valence-corrected chi connectivity index (χ1v) is 7.27. The van der Waals surface area contributed by atoms with Crippen LogP contribution in [0, 0.1) is 5.92 Å². The van der Waals surface area contributed by atoms with E-state index in [0.717, 1.165) is 0 Å². The lowest BCUT2D eigenvalue weighted by atomic mass is 9.86. The summed E-state index contributed by atoms with van der Waals surface area (Å²) in [6, 6.07) is 0. The van der Waals surface area contributed by atoms with E-state index < -0.39 is 0 Å². The van der Waals surface area contributed by atoms with E-state index in [9.17, 15) is 0 Å². The highest BCUT2D eigenvalue weighted by Crippen LogP contribution is 2.20. The Bertz CT molecular complexity index is 151. The summed E-state index contributed by atoms with van der Waals surface area (Å²) in [5.74, 6) is 0.646. The highest BCUT2D eigenvalue weighted by Gasteiger charge is 2.19. The number of unbranched alkanes of at least 4 members (excludes halogenated alkanes) is 7. The quantitative estimate of drug-likeness (QED) is 0.532. The van der Waals surface area contributed by atoms with Crippen LogP contribution in [0.3, 0.4) is 0 Å². The molecule has 0 spiro atoms. The Kier molecular flexibility index (Phi) is 13.4. The number of rotatable bonds is 10. The Morgan fingerprint density at radius 1 is 0.882 bits per heavy atom. The van der Waals surface area contributed by atoms with Gasteiger partial charge in [-0.2, -0.15) is 0 Å². The van der Waals surface area contributed by atoms with Crippen molar-refractivity contribution >= 4 is 17.0 Å². The molecular weight excluding hydrogens is 274 g/mol. The molecule has 0 aromatic heterocycles. The summed E-state index contributed by atoms with van der Waals surface area (Å²) in [4.78, 5) is 0. The molecule has 0 aliphatic carbocycles. The fraction of sp³-hybridized carbons (Fsp3) is 1.00. The lowest BCUT2D eigenvalue weighted by Gasteiger charge is -2.27. The minimum absolute atomic E-state index is 0. The van der Waals surface area contributed by atoms with E-state index in [0.29, 0.717) is 5.92 Å². The van der Waals surface area contributed by atoms with E-state index in [-0.39, 0.29) is 22.5 Å². The van der Waals surface area contributed by atoms with Gasteiger partial charge in [-0.15, -0.1) is 17.0 Å². The second-order valence-corrected chi connectivity index (χ2v) is 5.99. The van der Waals surface area contributed by atoms with Crippen molar-refractivity contribution in [3.8, 4) is 0 Å². The average Bonchev–Trinajstić information content (AvgIpc) is 2.20. The summed E-state index contributed by atoms with van der Waals surface area (Å²) in [6.45, 7) is 8.84. The first-order valence-electron chi connectivity index (χ1n) is 7.27. The molecular formula is C15H34BrN. The number of hydrogen-bond acceptors (Lipinski definition) is 1. The van der Waals surface area contributed by atoms with Gasteiger partial charge < -0.3 is 5.73 Å². The SMILES string of the molecule is Br.CCCCCCCCCCC(C)C(C)(C)N. The third-order valence-corrected chi connectivity index (χ3v) is 3.76. The topological polar surface area (TPSA) is 26.0 Å². The smallest absolute Gasteiger partial charge is 0.0123 e. The van der Waals surface area contributed by atoms with Gasteiger partial charge in [0.25, 0.3) is 0 Å². The lowest BCUT2D eigenvalue weighted by molar-refractivity contribution is 0.316. The van der Waals surface area contributed by atoms with Gasteiger partial charge in [0.1, 0.15) is 0 Å². The summed E-state index contributed by atoms with van der Waals surface area (Å²) in [7, 11) is 0. The van der Waals surface area contributed by atoms with Gasteiger partial charge in [0, 0.05) is 5.54 Å². The maximum atomic E-state index is 6.07. The molecule has 1 nitrogen and oxygen atoms in total. The number of halogens is 1. The van der Waals surface area contributed by atoms with Gasteiger partial charge in [-0.05, 0) is 26.2 Å². The highest BCUT2D eigenvalue weighted by molar-refractivity contribution is 8.93. The fourth-order valence-electron chi connectivity index (χ4n) is 1.96. The van der Waals surface area contributed by atoms with E-state index in [1.54, 1.807) is 0 Å². The van der Waals surface area contributed by atoms with E-state index in [1.165, 1.54) is 57.8 Å². The van der Waals surface area contributed by atoms with Crippen LogP contribution >= 0.6 is 17.0 Å². The minimum Gasteiger partial charge on any atom is -0.325 e. The third kappa shape index (κ3) is 12.7. The van der Waals surface area contributed by atoms with Crippen molar-refractivity contribution in [3.05, 3.63) is 0 Å². The predicted molar refractivity (Wildman–Crippen MR) is 85.0 cm³/mol. The maximum Gasteiger partial charge on any atom is 0.0123 e. The zero-order valence-corrected chi connectivity index (χ0v) is 14.1. The molecule has 106 valence electrons. The molecule has 2 N–H and O–H groups in total. The molecule has 0 heterocycles. The van der Waals surface area contributed by atoms with E-state index in [2.05, 4.69) is 27.7 Å². The summed E-state index contributed by atoms with van der Waals surface area (Å²) in [5, 5.41) is 0.